The van der Waals surface area contributed by atoms with Crippen molar-refractivity contribution in [3.63, 3.8) is 0 Å². The van der Waals surface area contributed by atoms with Gasteiger partial charge in [-0.05, 0) is 48.2 Å². The number of hydrogen-bond donors (Lipinski definition) is 2. The van der Waals surface area contributed by atoms with Crippen molar-refractivity contribution in [1.29, 1.82) is 0 Å². The molecule has 0 aliphatic heterocycles. The third-order valence-electron chi connectivity index (χ3n) is 3.66. The minimum absolute atomic E-state index is 0.0635. The second-order valence-electron chi connectivity index (χ2n) is 5.53. The van der Waals surface area contributed by atoms with Crippen LogP contribution in [0.3, 0.4) is 0 Å². The van der Waals surface area contributed by atoms with E-state index in [9.17, 15) is 13.2 Å². The van der Waals surface area contributed by atoms with Crippen LogP contribution in [0.15, 0.2) is 69.8 Å². The van der Waals surface area contributed by atoms with Gasteiger partial charge in [0.15, 0.2) is 5.16 Å². The standard InChI is InChI=1S/C17H17N5O3S2/c1-18-16(23)12-7-9-13(10-8-12)27(24,25)21-14-5-3-4-6-15(14)26-17-20-19-11-22(17)2/h3-11,21H,1-2H3,(H,18,23). The van der Waals surface area contributed by atoms with E-state index >= 15 is 0 Å². The number of nitrogens with zero attached hydrogens (tertiary/aromatic N) is 3. The van der Waals surface area contributed by atoms with Crippen molar-refractivity contribution < 1.29 is 13.2 Å². The number of para-hydroxylation sites is 1. The number of aromatic nitrogens is 3. The van der Waals surface area contributed by atoms with Gasteiger partial charge in [-0.1, -0.05) is 12.1 Å². The van der Waals surface area contributed by atoms with Crippen molar-refractivity contribution in [2.24, 2.45) is 7.05 Å². The molecule has 0 fully saturated rings. The molecular weight excluding hydrogens is 386 g/mol. The van der Waals surface area contributed by atoms with Crippen molar-refractivity contribution in [3.8, 4) is 0 Å². The summed E-state index contributed by atoms with van der Waals surface area (Å²) in [7, 11) is -0.489. The van der Waals surface area contributed by atoms with Gasteiger partial charge in [0, 0.05) is 24.6 Å². The summed E-state index contributed by atoms with van der Waals surface area (Å²) in [6.45, 7) is 0. The maximum absolute atomic E-state index is 12.7. The average molecular weight is 403 g/mol. The molecule has 0 aliphatic rings. The molecule has 0 saturated carbocycles. The van der Waals surface area contributed by atoms with Gasteiger partial charge in [0.2, 0.25) is 0 Å². The van der Waals surface area contributed by atoms with Crippen LogP contribution in [0.5, 0.6) is 0 Å². The fraction of sp³-hybridized carbons (Fsp3) is 0.118. The Morgan fingerprint density at radius 3 is 2.44 bits per heavy atom. The SMILES string of the molecule is CNC(=O)c1ccc(S(=O)(=O)Nc2ccccc2Sc2nncn2C)cc1. The first-order chi connectivity index (χ1) is 12.9. The number of aryl methyl sites for hydroxylation is 1. The summed E-state index contributed by atoms with van der Waals surface area (Å²) in [5.74, 6) is -0.280. The normalized spacial score (nSPS) is 11.2. The molecule has 3 aromatic rings. The minimum atomic E-state index is -3.81. The lowest BCUT2D eigenvalue weighted by molar-refractivity contribution is 0.0963. The molecule has 0 atom stereocenters. The van der Waals surface area contributed by atoms with Crippen molar-refractivity contribution in [3.05, 3.63) is 60.4 Å². The van der Waals surface area contributed by atoms with E-state index < -0.39 is 10.0 Å². The molecule has 0 bridgehead atoms. The Hall–Kier alpha value is -2.85. The quantitative estimate of drug-likeness (QED) is 0.653. The summed E-state index contributed by atoms with van der Waals surface area (Å²) in [6, 6.07) is 12.8. The fourth-order valence-corrected chi connectivity index (χ4v) is 4.23. The maximum Gasteiger partial charge on any atom is 0.261 e. The first-order valence-corrected chi connectivity index (χ1v) is 10.2. The molecule has 3 rings (SSSR count). The first-order valence-electron chi connectivity index (χ1n) is 7.86. The van der Waals surface area contributed by atoms with Crippen LogP contribution in [-0.4, -0.2) is 36.1 Å². The third-order valence-corrected chi connectivity index (χ3v) is 6.17. The fourth-order valence-electron chi connectivity index (χ4n) is 2.24. The van der Waals surface area contributed by atoms with Crippen LogP contribution < -0.4 is 10.0 Å². The number of rotatable bonds is 6. The number of hydrogen-bond acceptors (Lipinski definition) is 6. The van der Waals surface area contributed by atoms with Gasteiger partial charge in [-0.15, -0.1) is 10.2 Å². The number of nitrogens with one attached hydrogen (secondary N) is 2. The highest BCUT2D eigenvalue weighted by Gasteiger charge is 2.17. The third kappa shape index (κ3) is 4.29. The monoisotopic (exact) mass is 403 g/mol. The van der Waals surface area contributed by atoms with Crippen LogP contribution >= 0.6 is 11.8 Å². The van der Waals surface area contributed by atoms with E-state index in [0.717, 1.165) is 0 Å². The molecule has 0 saturated heterocycles. The van der Waals surface area contributed by atoms with Gasteiger partial charge in [-0.3, -0.25) is 9.52 Å². The van der Waals surface area contributed by atoms with E-state index in [1.54, 1.807) is 29.1 Å². The second-order valence-corrected chi connectivity index (χ2v) is 8.22. The van der Waals surface area contributed by atoms with Crippen molar-refractivity contribution in [2.75, 3.05) is 11.8 Å². The van der Waals surface area contributed by atoms with E-state index in [1.807, 2.05) is 13.1 Å². The van der Waals surface area contributed by atoms with E-state index in [1.165, 1.54) is 43.1 Å². The summed E-state index contributed by atoms with van der Waals surface area (Å²) in [6.07, 6.45) is 1.57. The lowest BCUT2D eigenvalue weighted by Gasteiger charge is -2.12. The Balaban J connectivity index is 1.86. The number of benzene rings is 2. The summed E-state index contributed by atoms with van der Waals surface area (Å²) in [5, 5.41) is 11.0. The number of amides is 1. The van der Waals surface area contributed by atoms with Crippen molar-refractivity contribution in [2.45, 2.75) is 14.9 Å². The van der Waals surface area contributed by atoms with E-state index in [4.69, 9.17) is 0 Å². The highest BCUT2D eigenvalue weighted by Crippen LogP contribution is 2.33. The van der Waals surface area contributed by atoms with Gasteiger partial charge in [0.05, 0.1) is 10.6 Å². The number of anilines is 1. The Morgan fingerprint density at radius 1 is 1.11 bits per heavy atom. The summed E-state index contributed by atoms with van der Waals surface area (Å²) < 4.78 is 29.8. The van der Waals surface area contributed by atoms with Gasteiger partial charge >= 0.3 is 0 Å². The molecule has 0 aliphatic carbocycles. The van der Waals surface area contributed by atoms with Gasteiger partial charge in [0.1, 0.15) is 6.33 Å². The number of sulfonamides is 1. The minimum Gasteiger partial charge on any atom is -0.355 e. The van der Waals surface area contributed by atoms with E-state index in [0.29, 0.717) is 21.3 Å². The highest BCUT2D eigenvalue weighted by molar-refractivity contribution is 7.99. The van der Waals surface area contributed by atoms with E-state index in [-0.39, 0.29) is 10.8 Å². The molecule has 8 nitrogen and oxygen atoms in total. The van der Waals surface area contributed by atoms with Crippen LogP contribution in [0.4, 0.5) is 5.69 Å². The molecule has 140 valence electrons. The Kier molecular flexibility index (Phi) is 5.47. The summed E-state index contributed by atoms with van der Waals surface area (Å²) >= 11 is 1.30. The molecule has 2 N–H and O–H groups in total. The smallest absolute Gasteiger partial charge is 0.261 e. The first kappa shape index (κ1) is 18.9. The lowest BCUT2D eigenvalue weighted by atomic mass is 10.2. The van der Waals surface area contributed by atoms with Crippen LogP contribution in [-0.2, 0) is 17.1 Å². The van der Waals surface area contributed by atoms with Gasteiger partial charge in [-0.25, -0.2) is 8.42 Å². The molecule has 1 heterocycles. The zero-order valence-electron chi connectivity index (χ0n) is 14.6. The second kappa shape index (κ2) is 7.80. The molecular formula is C17H17N5O3S2. The number of carbonyl (C=O) groups excluding carboxylic acids is 1. The lowest BCUT2D eigenvalue weighted by Crippen LogP contribution is -2.18. The number of carbonyl (C=O) groups is 1. The summed E-state index contributed by atoms with van der Waals surface area (Å²) in [5.41, 5.74) is 0.815. The molecule has 1 amide bonds. The van der Waals surface area contributed by atoms with Crippen LogP contribution in [0, 0.1) is 0 Å². The highest BCUT2D eigenvalue weighted by atomic mass is 32.2. The Bertz CT molecular complexity index is 1060. The van der Waals surface area contributed by atoms with Gasteiger partial charge < -0.3 is 9.88 Å². The van der Waals surface area contributed by atoms with Crippen molar-refractivity contribution >= 4 is 33.4 Å². The zero-order chi connectivity index (χ0) is 19.4. The Morgan fingerprint density at radius 2 is 1.81 bits per heavy atom. The van der Waals surface area contributed by atoms with Crippen LogP contribution in [0.1, 0.15) is 10.4 Å². The largest absolute Gasteiger partial charge is 0.355 e. The molecule has 0 radical (unpaired) electrons. The van der Waals surface area contributed by atoms with Crippen LogP contribution in [0.25, 0.3) is 0 Å². The molecule has 1 aromatic heterocycles. The van der Waals surface area contributed by atoms with Gasteiger partial charge in [0.25, 0.3) is 15.9 Å². The predicted octanol–water partition coefficient (Wildman–Crippen LogP) is 2.13. The average Bonchev–Trinajstić information content (AvgIpc) is 3.07. The van der Waals surface area contributed by atoms with Crippen molar-refractivity contribution in [1.82, 2.24) is 20.1 Å². The molecule has 2 aromatic carbocycles. The van der Waals surface area contributed by atoms with E-state index in [2.05, 4.69) is 20.2 Å². The van der Waals surface area contributed by atoms with Crippen LogP contribution in [0.2, 0.25) is 0 Å². The zero-order valence-corrected chi connectivity index (χ0v) is 16.2. The maximum atomic E-state index is 12.7. The molecule has 27 heavy (non-hydrogen) atoms. The Labute approximate surface area is 161 Å². The molecule has 10 heteroatoms. The molecule has 0 unspecified atom stereocenters. The molecule has 0 spiro atoms. The topological polar surface area (TPSA) is 106 Å². The summed E-state index contributed by atoms with van der Waals surface area (Å²) in [4.78, 5) is 12.4. The predicted molar refractivity (Wildman–Crippen MR) is 102 cm³/mol. The van der Waals surface area contributed by atoms with Gasteiger partial charge in [-0.2, -0.15) is 0 Å².